The van der Waals surface area contributed by atoms with E-state index in [-0.39, 0.29) is 11.7 Å². The van der Waals surface area contributed by atoms with E-state index < -0.39 is 0 Å². The summed E-state index contributed by atoms with van der Waals surface area (Å²) in [6, 6.07) is 8.89. The number of nitrogens with zero attached hydrogens (tertiary/aromatic N) is 3. The molecule has 1 saturated heterocycles. The molecule has 0 spiro atoms. The summed E-state index contributed by atoms with van der Waals surface area (Å²) in [5, 5.41) is 3.13. The molecule has 1 N–H and O–H groups in total. The number of methoxy groups -OCH3 is 1. The fourth-order valence-corrected chi connectivity index (χ4v) is 5.15. The second-order valence-corrected chi connectivity index (χ2v) is 9.09. The Bertz CT molecular complexity index is 1180. The van der Waals surface area contributed by atoms with Crippen molar-refractivity contribution in [3.63, 3.8) is 0 Å². The van der Waals surface area contributed by atoms with Crippen LogP contribution in [0.1, 0.15) is 49.2 Å². The van der Waals surface area contributed by atoms with Crippen molar-refractivity contribution < 1.29 is 9.47 Å². The Balaban J connectivity index is 1.45. The fraction of sp³-hybridized carbons (Fsp3) is 0.500. The number of aryl methyl sites for hydroxylation is 1. The third-order valence-electron chi connectivity index (χ3n) is 6.52. The molecule has 0 amide bonds. The van der Waals surface area contributed by atoms with Crippen LogP contribution < -0.4 is 15.0 Å². The second-order valence-electron chi connectivity index (χ2n) is 9.09. The van der Waals surface area contributed by atoms with E-state index in [1.165, 1.54) is 5.56 Å². The zero-order chi connectivity index (χ0) is 21.7. The molecule has 2 atom stereocenters. The Labute approximate surface area is 182 Å². The first-order valence-corrected chi connectivity index (χ1v) is 11.1. The van der Waals surface area contributed by atoms with Gasteiger partial charge in [0.05, 0.1) is 18.9 Å². The maximum absolute atomic E-state index is 13.1. The number of benzene rings is 1. The number of hydrogen-bond donors (Lipinski definition) is 1. The molecule has 2 aromatic heterocycles. The zero-order valence-electron chi connectivity index (χ0n) is 18.6. The number of rotatable bonds is 5. The number of aromatic amines is 1. The van der Waals surface area contributed by atoms with Gasteiger partial charge in [0.2, 0.25) is 0 Å². The number of nitrogens with one attached hydrogen (secondary N) is 1. The SMILES string of the molecule is COc1ccc(CN2[C@@H]3CC[C@@H]2Cc2c(nc4cc(C)[nH]n4c2=O)C3)cc1OC(C)C. The van der Waals surface area contributed by atoms with Gasteiger partial charge in [-0.15, -0.1) is 0 Å². The first-order valence-electron chi connectivity index (χ1n) is 11.1. The molecule has 3 aromatic rings. The first kappa shape index (κ1) is 20.1. The molecule has 4 heterocycles. The number of H-pyrrole nitrogens is 1. The first-order chi connectivity index (χ1) is 14.9. The largest absolute Gasteiger partial charge is 0.493 e. The van der Waals surface area contributed by atoms with Gasteiger partial charge in [0, 0.05) is 42.4 Å². The Kier molecular flexibility index (Phi) is 5.01. The maximum Gasteiger partial charge on any atom is 0.276 e. The van der Waals surface area contributed by atoms with Crippen LogP contribution in [0, 0.1) is 6.92 Å². The van der Waals surface area contributed by atoms with Crippen LogP contribution in [0.25, 0.3) is 5.65 Å². The van der Waals surface area contributed by atoms with Crippen molar-refractivity contribution in [1.29, 1.82) is 0 Å². The van der Waals surface area contributed by atoms with Gasteiger partial charge in [-0.2, -0.15) is 0 Å². The minimum absolute atomic E-state index is 0.0534. The van der Waals surface area contributed by atoms with Crippen molar-refractivity contribution in [3.8, 4) is 11.5 Å². The van der Waals surface area contributed by atoms with E-state index in [9.17, 15) is 4.79 Å². The summed E-state index contributed by atoms with van der Waals surface area (Å²) in [5.74, 6) is 1.54. The summed E-state index contributed by atoms with van der Waals surface area (Å²) in [4.78, 5) is 20.6. The summed E-state index contributed by atoms with van der Waals surface area (Å²) in [5.41, 5.74) is 4.77. The predicted molar refractivity (Wildman–Crippen MR) is 119 cm³/mol. The van der Waals surface area contributed by atoms with Crippen molar-refractivity contribution >= 4 is 5.65 Å². The third kappa shape index (κ3) is 3.61. The molecular formula is C24H30N4O3. The van der Waals surface area contributed by atoms with Gasteiger partial charge in [-0.1, -0.05) is 6.07 Å². The average Bonchev–Trinajstić information content (AvgIpc) is 3.22. The van der Waals surface area contributed by atoms with Gasteiger partial charge in [0.1, 0.15) is 0 Å². The summed E-state index contributed by atoms with van der Waals surface area (Å²) in [6.07, 6.45) is 3.92. The molecule has 0 unspecified atom stereocenters. The molecule has 0 saturated carbocycles. The van der Waals surface area contributed by atoms with E-state index in [0.29, 0.717) is 12.1 Å². The summed E-state index contributed by atoms with van der Waals surface area (Å²) < 4.78 is 13.0. The highest BCUT2D eigenvalue weighted by molar-refractivity contribution is 5.44. The molecule has 31 heavy (non-hydrogen) atoms. The smallest absolute Gasteiger partial charge is 0.276 e. The highest BCUT2D eigenvalue weighted by atomic mass is 16.5. The monoisotopic (exact) mass is 422 g/mol. The third-order valence-corrected chi connectivity index (χ3v) is 6.52. The maximum atomic E-state index is 13.1. The van der Waals surface area contributed by atoms with Crippen LogP contribution in [-0.2, 0) is 19.4 Å². The van der Waals surface area contributed by atoms with E-state index in [1.807, 2.05) is 32.9 Å². The summed E-state index contributed by atoms with van der Waals surface area (Å²) in [7, 11) is 1.67. The van der Waals surface area contributed by atoms with Gasteiger partial charge < -0.3 is 9.47 Å². The van der Waals surface area contributed by atoms with Crippen LogP contribution in [0.4, 0.5) is 0 Å². The zero-order valence-corrected chi connectivity index (χ0v) is 18.6. The Hall–Kier alpha value is -2.80. The Morgan fingerprint density at radius 3 is 2.68 bits per heavy atom. The molecule has 0 aliphatic carbocycles. The fourth-order valence-electron chi connectivity index (χ4n) is 5.15. The van der Waals surface area contributed by atoms with Gasteiger partial charge in [-0.25, -0.2) is 9.50 Å². The lowest BCUT2D eigenvalue weighted by atomic mass is 9.98. The molecule has 1 aromatic carbocycles. The normalized spacial score (nSPS) is 20.8. The standard InChI is InChI=1S/C24H30N4O3/c1-14(2)31-22-10-16(5-8-21(22)30-4)13-27-17-6-7-18(27)12-20-19(11-17)24(29)28-23(25-20)9-15(3)26-28/h5,8-10,14,17-18,26H,6-7,11-13H2,1-4H3/t17-,18-/m1/s1. The lowest BCUT2D eigenvalue weighted by Crippen LogP contribution is -2.36. The minimum atomic E-state index is 0.0534. The van der Waals surface area contributed by atoms with E-state index >= 15 is 0 Å². The van der Waals surface area contributed by atoms with Gasteiger partial charge >= 0.3 is 0 Å². The molecule has 0 radical (unpaired) electrons. The van der Waals surface area contributed by atoms with Crippen LogP contribution in [0.15, 0.2) is 29.1 Å². The number of ether oxygens (including phenoxy) is 2. The summed E-state index contributed by atoms with van der Waals surface area (Å²) >= 11 is 0. The quantitative estimate of drug-likeness (QED) is 0.683. The highest BCUT2D eigenvalue weighted by Gasteiger charge is 2.38. The van der Waals surface area contributed by atoms with Crippen molar-refractivity contribution in [3.05, 3.63) is 57.1 Å². The van der Waals surface area contributed by atoms with Crippen molar-refractivity contribution in [2.75, 3.05) is 7.11 Å². The van der Waals surface area contributed by atoms with Crippen molar-refractivity contribution in [1.82, 2.24) is 19.5 Å². The van der Waals surface area contributed by atoms with E-state index in [1.54, 1.807) is 11.6 Å². The van der Waals surface area contributed by atoms with Gasteiger partial charge in [-0.3, -0.25) is 14.8 Å². The van der Waals surface area contributed by atoms with Crippen LogP contribution in [-0.4, -0.2) is 44.8 Å². The Morgan fingerprint density at radius 1 is 1.16 bits per heavy atom. The molecule has 164 valence electrons. The van der Waals surface area contributed by atoms with Crippen molar-refractivity contribution in [2.24, 2.45) is 0 Å². The molecule has 5 rings (SSSR count). The van der Waals surface area contributed by atoms with E-state index in [2.05, 4.69) is 22.1 Å². The lowest BCUT2D eigenvalue weighted by molar-refractivity contribution is 0.186. The van der Waals surface area contributed by atoms with Crippen LogP contribution in [0.2, 0.25) is 0 Å². The lowest BCUT2D eigenvalue weighted by Gasteiger charge is -2.28. The van der Waals surface area contributed by atoms with E-state index in [4.69, 9.17) is 14.5 Å². The molecule has 7 nitrogen and oxygen atoms in total. The molecule has 2 aliphatic rings. The average molecular weight is 423 g/mol. The highest BCUT2D eigenvalue weighted by Crippen LogP contribution is 2.36. The molecule has 7 heteroatoms. The van der Waals surface area contributed by atoms with Gasteiger partial charge in [0.25, 0.3) is 5.56 Å². The number of hydrogen-bond acceptors (Lipinski definition) is 5. The van der Waals surface area contributed by atoms with Gasteiger partial charge in [-0.05, 0) is 57.7 Å². The second kappa shape index (κ2) is 7.71. The van der Waals surface area contributed by atoms with Crippen molar-refractivity contribution in [2.45, 2.75) is 71.2 Å². The summed E-state index contributed by atoms with van der Waals surface area (Å²) in [6.45, 7) is 6.83. The minimum Gasteiger partial charge on any atom is -0.493 e. The Morgan fingerprint density at radius 2 is 1.94 bits per heavy atom. The van der Waals surface area contributed by atoms with Crippen LogP contribution in [0.3, 0.4) is 0 Å². The molecule has 2 bridgehead atoms. The van der Waals surface area contributed by atoms with E-state index in [0.717, 1.165) is 66.3 Å². The van der Waals surface area contributed by atoms with Crippen LogP contribution >= 0.6 is 0 Å². The number of fused-ring (bicyclic) bond motifs is 4. The van der Waals surface area contributed by atoms with Gasteiger partial charge in [0.15, 0.2) is 17.1 Å². The topological polar surface area (TPSA) is 71.9 Å². The predicted octanol–water partition coefficient (Wildman–Crippen LogP) is 3.26. The molecule has 2 aliphatic heterocycles. The molecule has 1 fully saturated rings. The molecular weight excluding hydrogens is 392 g/mol. The number of aromatic nitrogens is 3. The van der Waals surface area contributed by atoms with Crippen LogP contribution in [0.5, 0.6) is 11.5 Å².